The minimum Gasteiger partial charge on any atom is -0.381 e. The number of likely N-dealkylation sites (N-methyl/N-ethyl adjacent to an activating group) is 1. The van der Waals surface area contributed by atoms with Crippen molar-refractivity contribution in [3.8, 4) is 5.69 Å². The van der Waals surface area contributed by atoms with Gasteiger partial charge in [0.1, 0.15) is 5.02 Å². The Morgan fingerprint density at radius 3 is 2.64 bits per heavy atom. The molecule has 5 nitrogen and oxygen atoms in total. The fraction of sp³-hybridized carbons (Fsp3) is 0.412. The number of hydrogen-bond acceptors (Lipinski definition) is 4. The second-order valence-corrected chi connectivity index (χ2v) is 7.66. The molecule has 3 rings (SSSR count). The van der Waals surface area contributed by atoms with Crippen LogP contribution in [0.1, 0.15) is 12.8 Å². The maximum Gasteiger partial charge on any atom is 0.292 e. The number of nitrogens with one attached hydrogen (secondary N) is 1. The van der Waals surface area contributed by atoms with Crippen LogP contribution in [0.2, 0.25) is 15.1 Å². The lowest BCUT2D eigenvalue weighted by atomic mass is 10.1. The molecule has 1 heterocycles. The largest absolute Gasteiger partial charge is 0.381 e. The highest BCUT2D eigenvalue weighted by molar-refractivity contribution is 6.36. The molecule has 1 aromatic carbocycles. The van der Waals surface area contributed by atoms with Crippen molar-refractivity contribution in [1.82, 2.24) is 14.7 Å². The molecule has 1 fully saturated rings. The van der Waals surface area contributed by atoms with Gasteiger partial charge in [-0.3, -0.25) is 4.79 Å². The smallest absolute Gasteiger partial charge is 0.292 e. The number of hydrogen-bond donors (Lipinski definition) is 1. The van der Waals surface area contributed by atoms with Gasteiger partial charge in [0.2, 0.25) is 0 Å². The Hall–Kier alpha value is -1.27. The van der Waals surface area contributed by atoms with Crippen LogP contribution in [-0.2, 0) is 0 Å². The number of anilines is 1. The zero-order valence-electron chi connectivity index (χ0n) is 14.0. The molecule has 1 aliphatic rings. The average Bonchev–Trinajstić information content (AvgIpc) is 3.37. The molecule has 0 saturated heterocycles. The maximum absolute atomic E-state index is 12.6. The lowest BCUT2D eigenvalue weighted by Gasteiger charge is -2.25. The van der Waals surface area contributed by atoms with E-state index in [1.165, 1.54) is 17.5 Å². The van der Waals surface area contributed by atoms with Gasteiger partial charge < -0.3 is 10.2 Å². The van der Waals surface area contributed by atoms with Crippen molar-refractivity contribution in [2.24, 2.45) is 5.92 Å². The molecule has 1 atom stereocenters. The van der Waals surface area contributed by atoms with Crippen molar-refractivity contribution in [2.75, 3.05) is 26.0 Å². The molecular weight excluding hydrogens is 383 g/mol. The van der Waals surface area contributed by atoms with Crippen molar-refractivity contribution < 1.29 is 0 Å². The van der Waals surface area contributed by atoms with Crippen LogP contribution in [0, 0.1) is 5.92 Å². The molecule has 134 valence electrons. The van der Waals surface area contributed by atoms with E-state index in [1.807, 2.05) is 0 Å². The summed E-state index contributed by atoms with van der Waals surface area (Å²) in [7, 11) is 4.12. The van der Waals surface area contributed by atoms with Crippen LogP contribution in [-0.4, -0.2) is 41.4 Å². The predicted octanol–water partition coefficient (Wildman–Crippen LogP) is 3.94. The molecule has 0 bridgehead atoms. The van der Waals surface area contributed by atoms with E-state index in [4.69, 9.17) is 34.8 Å². The Labute approximate surface area is 161 Å². The molecule has 0 amide bonds. The summed E-state index contributed by atoms with van der Waals surface area (Å²) in [5.41, 5.74) is 0.540. The van der Waals surface area contributed by atoms with E-state index in [1.54, 1.807) is 24.4 Å². The molecule has 2 aromatic rings. The van der Waals surface area contributed by atoms with Gasteiger partial charge in [-0.05, 0) is 51.1 Å². The van der Waals surface area contributed by atoms with E-state index in [0.29, 0.717) is 39.9 Å². The van der Waals surface area contributed by atoms with Gasteiger partial charge in [-0.25, -0.2) is 0 Å². The fourth-order valence-corrected chi connectivity index (χ4v) is 3.53. The van der Waals surface area contributed by atoms with E-state index < -0.39 is 5.56 Å². The third-order valence-corrected chi connectivity index (χ3v) is 5.29. The molecule has 0 spiro atoms. The summed E-state index contributed by atoms with van der Waals surface area (Å²) in [6.45, 7) is 0.713. The van der Waals surface area contributed by atoms with Crippen LogP contribution in [0.5, 0.6) is 0 Å². The summed E-state index contributed by atoms with van der Waals surface area (Å²) in [4.78, 5) is 14.8. The standard InChI is InChI=1S/C17H19Cl3N4O/c1-23(2)15(10-3-4-10)9-21-13-8-22-24(17(25)16(13)20)14-6-5-11(18)7-12(14)19/h5-8,10,15,21H,3-4,9H2,1-2H3. The first-order valence-corrected chi connectivity index (χ1v) is 9.15. The first-order chi connectivity index (χ1) is 11.9. The van der Waals surface area contributed by atoms with Crippen LogP contribution in [0.3, 0.4) is 0 Å². The first kappa shape index (κ1) is 18.5. The van der Waals surface area contributed by atoms with E-state index >= 15 is 0 Å². The van der Waals surface area contributed by atoms with Gasteiger partial charge in [0, 0.05) is 17.6 Å². The average molecular weight is 402 g/mol. The number of rotatable bonds is 6. The maximum atomic E-state index is 12.6. The van der Waals surface area contributed by atoms with Crippen molar-refractivity contribution >= 4 is 40.5 Å². The lowest BCUT2D eigenvalue weighted by Crippen LogP contribution is -2.36. The third-order valence-electron chi connectivity index (χ3n) is 4.39. The topological polar surface area (TPSA) is 50.2 Å². The van der Waals surface area contributed by atoms with E-state index in [0.717, 1.165) is 0 Å². The third kappa shape index (κ3) is 4.11. The normalized spacial score (nSPS) is 15.4. The molecule has 1 saturated carbocycles. The molecule has 8 heteroatoms. The van der Waals surface area contributed by atoms with Crippen LogP contribution in [0.4, 0.5) is 5.69 Å². The van der Waals surface area contributed by atoms with Crippen LogP contribution in [0.25, 0.3) is 5.69 Å². The second kappa shape index (κ2) is 7.54. The SMILES string of the molecule is CN(C)C(CNc1cnn(-c2ccc(Cl)cc2Cl)c(=O)c1Cl)C1CC1. The highest BCUT2D eigenvalue weighted by atomic mass is 35.5. The molecular formula is C17H19Cl3N4O. The summed E-state index contributed by atoms with van der Waals surface area (Å²) in [6, 6.07) is 5.25. The van der Waals surface area contributed by atoms with Crippen molar-refractivity contribution in [1.29, 1.82) is 0 Å². The number of nitrogens with zero attached hydrogens (tertiary/aromatic N) is 3. The van der Waals surface area contributed by atoms with E-state index in [9.17, 15) is 4.79 Å². The van der Waals surface area contributed by atoms with Gasteiger partial charge in [-0.2, -0.15) is 9.78 Å². The number of halogens is 3. The van der Waals surface area contributed by atoms with E-state index in [2.05, 4.69) is 29.4 Å². The van der Waals surface area contributed by atoms with Crippen molar-refractivity contribution in [3.63, 3.8) is 0 Å². The van der Waals surface area contributed by atoms with Crippen molar-refractivity contribution in [3.05, 3.63) is 49.8 Å². The zero-order valence-corrected chi connectivity index (χ0v) is 16.2. The predicted molar refractivity (Wildman–Crippen MR) is 104 cm³/mol. The lowest BCUT2D eigenvalue weighted by molar-refractivity contribution is 0.276. The zero-order chi connectivity index (χ0) is 18.1. The molecule has 0 aliphatic heterocycles. The molecule has 25 heavy (non-hydrogen) atoms. The minimum absolute atomic E-state index is 0.0920. The quantitative estimate of drug-likeness (QED) is 0.796. The van der Waals surface area contributed by atoms with Gasteiger partial charge in [-0.15, -0.1) is 0 Å². The fourth-order valence-electron chi connectivity index (χ4n) is 2.85. The van der Waals surface area contributed by atoms with Crippen LogP contribution < -0.4 is 10.9 Å². The Morgan fingerprint density at radius 1 is 1.32 bits per heavy atom. The van der Waals surface area contributed by atoms with E-state index in [-0.39, 0.29) is 5.02 Å². The Morgan fingerprint density at radius 2 is 2.04 bits per heavy atom. The highest BCUT2D eigenvalue weighted by Gasteiger charge is 2.32. The summed E-state index contributed by atoms with van der Waals surface area (Å²) in [6.07, 6.45) is 4.04. The highest BCUT2D eigenvalue weighted by Crippen LogP contribution is 2.35. The molecule has 1 aromatic heterocycles. The monoisotopic (exact) mass is 400 g/mol. The number of aromatic nitrogens is 2. The minimum atomic E-state index is -0.427. The van der Waals surface area contributed by atoms with Gasteiger partial charge in [0.05, 0.1) is 22.6 Å². The summed E-state index contributed by atoms with van der Waals surface area (Å²) in [5.74, 6) is 0.697. The van der Waals surface area contributed by atoms with Gasteiger partial charge in [0.15, 0.2) is 0 Å². The Bertz CT molecular complexity index is 831. The molecule has 1 unspecified atom stereocenters. The summed E-state index contributed by atoms with van der Waals surface area (Å²) in [5, 5.41) is 8.37. The molecule has 1 N–H and O–H groups in total. The second-order valence-electron chi connectivity index (χ2n) is 6.43. The van der Waals surface area contributed by atoms with Gasteiger partial charge in [0.25, 0.3) is 5.56 Å². The first-order valence-electron chi connectivity index (χ1n) is 8.02. The van der Waals surface area contributed by atoms with Crippen LogP contribution in [0.15, 0.2) is 29.2 Å². The Kier molecular flexibility index (Phi) is 5.58. The summed E-state index contributed by atoms with van der Waals surface area (Å²) >= 11 is 18.3. The molecule has 0 radical (unpaired) electrons. The number of benzene rings is 1. The van der Waals surface area contributed by atoms with Gasteiger partial charge in [-0.1, -0.05) is 34.8 Å². The Balaban J connectivity index is 1.84. The van der Waals surface area contributed by atoms with Gasteiger partial charge >= 0.3 is 0 Å². The van der Waals surface area contributed by atoms with Crippen molar-refractivity contribution in [2.45, 2.75) is 18.9 Å². The van der Waals surface area contributed by atoms with Crippen LogP contribution >= 0.6 is 34.8 Å². The summed E-state index contributed by atoms with van der Waals surface area (Å²) < 4.78 is 1.18. The molecule has 1 aliphatic carbocycles.